The minimum absolute atomic E-state index is 0.0126. The fourth-order valence-corrected chi connectivity index (χ4v) is 2.38. The Kier molecular flexibility index (Phi) is 2.61. The number of sulfone groups is 1. The molecule has 6 nitrogen and oxygen atoms in total. The third-order valence-electron chi connectivity index (χ3n) is 1.90. The Hall–Kier alpha value is -1.89. The molecule has 0 spiro atoms. The second kappa shape index (κ2) is 3.93. The summed E-state index contributed by atoms with van der Waals surface area (Å²) >= 11 is 0. The van der Waals surface area contributed by atoms with E-state index in [1.807, 2.05) is 0 Å². The van der Waals surface area contributed by atoms with Crippen LogP contribution in [0, 0.1) is 0 Å². The van der Waals surface area contributed by atoms with Crippen LogP contribution in [0.5, 0.6) is 0 Å². The highest BCUT2D eigenvalue weighted by Crippen LogP contribution is 2.15. The Balaban J connectivity index is 2.28. The van der Waals surface area contributed by atoms with Crippen LogP contribution in [0.4, 0.5) is 6.01 Å². The Labute approximate surface area is 92.0 Å². The van der Waals surface area contributed by atoms with Crippen molar-refractivity contribution in [2.24, 2.45) is 0 Å². The quantitative estimate of drug-likeness (QED) is 0.843. The monoisotopic (exact) mass is 239 g/mol. The van der Waals surface area contributed by atoms with Crippen LogP contribution in [0.2, 0.25) is 0 Å². The van der Waals surface area contributed by atoms with E-state index in [2.05, 4.69) is 10.2 Å². The molecule has 0 aliphatic carbocycles. The van der Waals surface area contributed by atoms with Crippen LogP contribution >= 0.6 is 0 Å². The van der Waals surface area contributed by atoms with Crippen molar-refractivity contribution in [2.75, 3.05) is 5.73 Å². The number of nitrogens with two attached hydrogens (primary N) is 1. The molecular formula is C9H9N3O3S. The van der Waals surface area contributed by atoms with Gasteiger partial charge in [0.1, 0.15) is 5.75 Å². The number of benzene rings is 1. The van der Waals surface area contributed by atoms with Crippen LogP contribution in [0.15, 0.2) is 39.6 Å². The molecule has 84 valence electrons. The third kappa shape index (κ3) is 2.19. The number of hydrogen-bond donors (Lipinski definition) is 1. The van der Waals surface area contributed by atoms with Crippen molar-refractivity contribution in [3.63, 3.8) is 0 Å². The van der Waals surface area contributed by atoms with E-state index in [1.165, 1.54) is 12.1 Å². The molecule has 0 atom stereocenters. The zero-order valence-corrected chi connectivity index (χ0v) is 9.02. The van der Waals surface area contributed by atoms with E-state index >= 15 is 0 Å². The summed E-state index contributed by atoms with van der Waals surface area (Å²) in [6, 6.07) is 7.91. The summed E-state index contributed by atoms with van der Waals surface area (Å²) in [7, 11) is -3.45. The van der Waals surface area contributed by atoms with Gasteiger partial charge in [-0.1, -0.05) is 23.3 Å². The predicted octanol–water partition coefficient (Wildman–Crippen LogP) is 0.626. The number of hydrogen-bond acceptors (Lipinski definition) is 6. The Bertz CT molecular complexity index is 577. The van der Waals surface area contributed by atoms with Crippen molar-refractivity contribution in [2.45, 2.75) is 10.6 Å². The molecule has 0 radical (unpaired) electrons. The zero-order valence-electron chi connectivity index (χ0n) is 8.20. The highest BCUT2D eigenvalue weighted by atomic mass is 32.2. The lowest BCUT2D eigenvalue weighted by Crippen LogP contribution is -2.05. The molecule has 2 rings (SSSR count). The number of rotatable bonds is 3. The van der Waals surface area contributed by atoms with Gasteiger partial charge in [0, 0.05) is 0 Å². The maximum atomic E-state index is 11.8. The summed E-state index contributed by atoms with van der Waals surface area (Å²) in [6.07, 6.45) is 0. The zero-order chi connectivity index (χ0) is 11.6. The Morgan fingerprint density at radius 3 is 2.44 bits per heavy atom. The average Bonchev–Trinajstić information content (AvgIpc) is 2.64. The molecule has 1 aromatic carbocycles. The normalized spacial score (nSPS) is 11.5. The van der Waals surface area contributed by atoms with Gasteiger partial charge in [0.25, 0.3) is 0 Å². The fraction of sp³-hybridized carbons (Fsp3) is 0.111. The molecule has 2 aromatic rings. The first-order chi connectivity index (χ1) is 7.58. The van der Waals surface area contributed by atoms with Gasteiger partial charge in [0.15, 0.2) is 9.84 Å². The standard InChI is InChI=1S/C9H9N3O3S/c10-9-12-11-8(15-9)6-16(13,14)7-4-2-1-3-5-7/h1-5H,6H2,(H2,10,12). The van der Waals surface area contributed by atoms with Gasteiger partial charge in [0.05, 0.1) is 4.90 Å². The molecule has 1 heterocycles. The first kappa shape index (κ1) is 10.6. The van der Waals surface area contributed by atoms with E-state index in [0.29, 0.717) is 0 Å². The van der Waals surface area contributed by atoms with Crippen LogP contribution in [-0.4, -0.2) is 18.6 Å². The van der Waals surface area contributed by atoms with E-state index < -0.39 is 9.84 Å². The van der Waals surface area contributed by atoms with Gasteiger partial charge in [-0.15, -0.1) is 5.10 Å². The second-order valence-electron chi connectivity index (χ2n) is 3.11. The molecule has 0 unspecified atom stereocenters. The molecule has 0 aliphatic heterocycles. The molecule has 0 bridgehead atoms. The predicted molar refractivity (Wildman–Crippen MR) is 56.0 cm³/mol. The van der Waals surface area contributed by atoms with E-state index in [1.54, 1.807) is 18.2 Å². The fourth-order valence-electron chi connectivity index (χ4n) is 1.20. The molecule has 1 aromatic heterocycles. The first-order valence-electron chi connectivity index (χ1n) is 4.43. The van der Waals surface area contributed by atoms with E-state index in [-0.39, 0.29) is 22.6 Å². The number of anilines is 1. The smallest absolute Gasteiger partial charge is 0.312 e. The van der Waals surface area contributed by atoms with Crippen molar-refractivity contribution in [3.8, 4) is 0 Å². The maximum Gasteiger partial charge on any atom is 0.312 e. The van der Waals surface area contributed by atoms with Gasteiger partial charge in [-0.05, 0) is 12.1 Å². The molecule has 7 heteroatoms. The van der Waals surface area contributed by atoms with Crippen molar-refractivity contribution < 1.29 is 12.8 Å². The van der Waals surface area contributed by atoms with Crippen molar-refractivity contribution >= 4 is 15.9 Å². The molecule has 2 N–H and O–H groups in total. The Morgan fingerprint density at radius 2 is 1.88 bits per heavy atom. The molecule has 0 aliphatic rings. The molecule has 0 fully saturated rings. The average molecular weight is 239 g/mol. The van der Waals surface area contributed by atoms with E-state index in [4.69, 9.17) is 10.2 Å². The molecule has 0 saturated carbocycles. The van der Waals surface area contributed by atoms with Crippen LogP contribution in [-0.2, 0) is 15.6 Å². The van der Waals surface area contributed by atoms with Crippen LogP contribution in [0.1, 0.15) is 5.89 Å². The Morgan fingerprint density at radius 1 is 1.19 bits per heavy atom. The third-order valence-corrected chi connectivity index (χ3v) is 3.52. The first-order valence-corrected chi connectivity index (χ1v) is 6.09. The molecular weight excluding hydrogens is 230 g/mol. The SMILES string of the molecule is Nc1nnc(CS(=O)(=O)c2ccccc2)o1. The van der Waals surface area contributed by atoms with E-state index in [9.17, 15) is 8.42 Å². The van der Waals surface area contributed by atoms with E-state index in [0.717, 1.165) is 0 Å². The van der Waals surface area contributed by atoms with Gasteiger partial charge in [-0.25, -0.2) is 8.42 Å². The second-order valence-corrected chi connectivity index (χ2v) is 5.10. The van der Waals surface area contributed by atoms with Crippen molar-refractivity contribution in [1.29, 1.82) is 0 Å². The molecule has 16 heavy (non-hydrogen) atoms. The summed E-state index contributed by atoms with van der Waals surface area (Å²) < 4.78 is 28.5. The van der Waals surface area contributed by atoms with Gasteiger partial charge in [-0.3, -0.25) is 0 Å². The lowest BCUT2D eigenvalue weighted by molar-refractivity contribution is 0.522. The van der Waals surface area contributed by atoms with Crippen LogP contribution < -0.4 is 5.73 Å². The number of nitrogens with zero attached hydrogens (tertiary/aromatic N) is 2. The van der Waals surface area contributed by atoms with Gasteiger partial charge in [0.2, 0.25) is 5.89 Å². The topological polar surface area (TPSA) is 99.1 Å². The van der Waals surface area contributed by atoms with Gasteiger partial charge >= 0.3 is 6.01 Å². The highest BCUT2D eigenvalue weighted by molar-refractivity contribution is 7.90. The summed E-state index contributed by atoms with van der Waals surface area (Å²) in [5, 5.41) is 6.90. The van der Waals surface area contributed by atoms with Gasteiger partial charge < -0.3 is 10.2 Å². The maximum absolute atomic E-state index is 11.8. The lowest BCUT2D eigenvalue weighted by atomic mass is 10.4. The van der Waals surface area contributed by atoms with Crippen molar-refractivity contribution in [3.05, 3.63) is 36.2 Å². The lowest BCUT2D eigenvalue weighted by Gasteiger charge is -2.00. The highest BCUT2D eigenvalue weighted by Gasteiger charge is 2.18. The molecule has 0 saturated heterocycles. The molecule has 0 amide bonds. The van der Waals surface area contributed by atoms with Crippen molar-refractivity contribution in [1.82, 2.24) is 10.2 Å². The minimum atomic E-state index is -3.45. The summed E-state index contributed by atoms with van der Waals surface area (Å²) in [4.78, 5) is 0.215. The summed E-state index contributed by atoms with van der Waals surface area (Å²) in [5.41, 5.74) is 5.20. The number of nitrogen functional groups attached to an aromatic ring is 1. The largest absolute Gasteiger partial charge is 0.407 e. The van der Waals surface area contributed by atoms with Crippen LogP contribution in [0.3, 0.4) is 0 Å². The summed E-state index contributed by atoms with van der Waals surface area (Å²) in [6.45, 7) is 0. The summed E-state index contributed by atoms with van der Waals surface area (Å²) in [5.74, 6) is -0.359. The van der Waals surface area contributed by atoms with Gasteiger partial charge in [-0.2, -0.15) is 0 Å². The van der Waals surface area contributed by atoms with Crippen LogP contribution in [0.25, 0.3) is 0 Å². The number of aromatic nitrogens is 2. The minimum Gasteiger partial charge on any atom is -0.407 e.